The van der Waals surface area contributed by atoms with Crippen molar-refractivity contribution in [1.82, 2.24) is 4.90 Å². The second kappa shape index (κ2) is 7.86. The summed E-state index contributed by atoms with van der Waals surface area (Å²) in [5.41, 5.74) is 4.09. The molecule has 2 atom stereocenters. The zero-order valence-corrected chi connectivity index (χ0v) is 16.4. The van der Waals surface area contributed by atoms with E-state index in [1.807, 2.05) is 31.2 Å². The molecule has 1 aromatic carbocycles. The monoisotopic (exact) mass is 411 g/mol. The molecule has 1 heterocycles. The van der Waals surface area contributed by atoms with E-state index in [0.29, 0.717) is 18.7 Å². The SMILES string of the molecule is CCCN1CC=C2C(C#N)=C(N)C(C#N)(C#N)[C@@H](c3cccc(C(F)(F)F)c3)[C@H]2C1. The van der Waals surface area contributed by atoms with Gasteiger partial charge in [-0.1, -0.05) is 31.2 Å². The molecule has 3 rings (SSSR count). The van der Waals surface area contributed by atoms with Crippen LogP contribution in [0.2, 0.25) is 0 Å². The number of nitrogens with two attached hydrogens (primary N) is 1. The van der Waals surface area contributed by atoms with Crippen LogP contribution in [-0.4, -0.2) is 24.5 Å². The third-order valence-corrected chi connectivity index (χ3v) is 5.85. The summed E-state index contributed by atoms with van der Waals surface area (Å²) in [6.45, 7) is 3.75. The first-order valence-corrected chi connectivity index (χ1v) is 9.56. The maximum absolute atomic E-state index is 13.4. The fourth-order valence-electron chi connectivity index (χ4n) is 4.52. The highest BCUT2D eigenvalue weighted by molar-refractivity contribution is 5.59. The molecular formula is C22H20F3N5. The van der Waals surface area contributed by atoms with Gasteiger partial charge in [0.1, 0.15) is 6.07 Å². The van der Waals surface area contributed by atoms with Crippen LogP contribution in [0, 0.1) is 45.3 Å². The van der Waals surface area contributed by atoms with Crippen LogP contribution in [0.5, 0.6) is 0 Å². The highest BCUT2D eigenvalue weighted by atomic mass is 19.4. The van der Waals surface area contributed by atoms with Gasteiger partial charge in [0.05, 0.1) is 29.0 Å². The standard InChI is InChI=1S/C22H20F3N5/c1-2-7-30-8-6-16-17(10-26)20(29)21(12-27,13-28)19(18(16)11-30)14-4-3-5-15(9-14)22(23,24)25/h3-6,9,18-19H,2,7-8,11,29H2,1H3/t18-,19-/m0/s1. The molecule has 0 unspecified atom stereocenters. The van der Waals surface area contributed by atoms with Gasteiger partial charge in [-0.15, -0.1) is 0 Å². The lowest BCUT2D eigenvalue weighted by Crippen LogP contribution is -2.48. The van der Waals surface area contributed by atoms with E-state index in [-0.39, 0.29) is 16.8 Å². The van der Waals surface area contributed by atoms with E-state index in [9.17, 15) is 29.0 Å². The summed E-state index contributed by atoms with van der Waals surface area (Å²) in [4.78, 5) is 2.10. The summed E-state index contributed by atoms with van der Waals surface area (Å²) in [6.07, 6.45) is -1.85. The summed E-state index contributed by atoms with van der Waals surface area (Å²) in [5.74, 6) is -1.44. The number of halogens is 3. The average molecular weight is 411 g/mol. The molecule has 0 spiro atoms. The summed E-state index contributed by atoms with van der Waals surface area (Å²) >= 11 is 0. The molecule has 5 nitrogen and oxygen atoms in total. The first-order chi connectivity index (χ1) is 14.2. The van der Waals surface area contributed by atoms with Crippen molar-refractivity contribution in [3.8, 4) is 18.2 Å². The van der Waals surface area contributed by atoms with E-state index in [2.05, 4.69) is 4.90 Å². The molecule has 0 amide bonds. The predicted octanol–water partition coefficient (Wildman–Crippen LogP) is 3.84. The maximum Gasteiger partial charge on any atom is 0.416 e. The van der Waals surface area contributed by atoms with Crippen LogP contribution >= 0.6 is 0 Å². The van der Waals surface area contributed by atoms with Crippen molar-refractivity contribution in [3.05, 3.63) is 58.3 Å². The number of nitriles is 3. The quantitative estimate of drug-likeness (QED) is 0.814. The molecule has 0 fully saturated rings. The fraction of sp³-hybridized carbons (Fsp3) is 0.409. The molecular weight excluding hydrogens is 391 g/mol. The average Bonchev–Trinajstić information content (AvgIpc) is 2.73. The molecule has 2 aliphatic rings. The van der Waals surface area contributed by atoms with E-state index in [1.165, 1.54) is 12.1 Å². The maximum atomic E-state index is 13.4. The smallest absolute Gasteiger partial charge is 0.399 e. The Kier molecular flexibility index (Phi) is 5.61. The van der Waals surface area contributed by atoms with Crippen molar-refractivity contribution in [1.29, 1.82) is 15.8 Å². The van der Waals surface area contributed by atoms with Crippen molar-refractivity contribution in [3.63, 3.8) is 0 Å². The van der Waals surface area contributed by atoms with E-state index >= 15 is 0 Å². The minimum Gasteiger partial charge on any atom is -0.399 e. The molecule has 0 bridgehead atoms. The Morgan fingerprint density at radius 2 is 1.93 bits per heavy atom. The number of nitrogens with zero attached hydrogens (tertiary/aromatic N) is 4. The third kappa shape index (κ3) is 3.32. The van der Waals surface area contributed by atoms with Crippen LogP contribution in [0.25, 0.3) is 0 Å². The highest BCUT2D eigenvalue weighted by Gasteiger charge is 2.54. The number of hydrogen-bond donors (Lipinski definition) is 1. The van der Waals surface area contributed by atoms with Crippen molar-refractivity contribution in [2.24, 2.45) is 17.1 Å². The van der Waals surface area contributed by atoms with Crippen LogP contribution in [-0.2, 0) is 6.18 Å². The number of fused-ring (bicyclic) bond motifs is 1. The van der Waals surface area contributed by atoms with Crippen molar-refractivity contribution >= 4 is 0 Å². The molecule has 2 N–H and O–H groups in total. The molecule has 0 saturated heterocycles. The van der Waals surface area contributed by atoms with E-state index < -0.39 is 29.0 Å². The second-order valence-corrected chi connectivity index (χ2v) is 7.56. The minimum absolute atomic E-state index is 0.0856. The van der Waals surface area contributed by atoms with Gasteiger partial charge < -0.3 is 5.73 Å². The molecule has 1 aliphatic heterocycles. The Labute approximate surface area is 173 Å². The first kappa shape index (κ1) is 21.4. The van der Waals surface area contributed by atoms with Gasteiger partial charge in [-0.25, -0.2) is 0 Å². The fourth-order valence-corrected chi connectivity index (χ4v) is 4.52. The number of allylic oxidation sites excluding steroid dienone is 2. The van der Waals surface area contributed by atoms with Gasteiger partial charge in [-0.05, 0) is 30.2 Å². The Bertz CT molecular complexity index is 1020. The highest BCUT2D eigenvalue weighted by Crippen LogP contribution is 2.54. The molecule has 8 heteroatoms. The Hall–Kier alpha value is -3.28. The summed E-state index contributed by atoms with van der Waals surface area (Å²) < 4.78 is 40.1. The zero-order valence-electron chi connectivity index (χ0n) is 16.4. The zero-order chi connectivity index (χ0) is 22.1. The van der Waals surface area contributed by atoms with Gasteiger partial charge in [0.25, 0.3) is 0 Å². The van der Waals surface area contributed by atoms with E-state index in [1.54, 1.807) is 0 Å². The van der Waals surface area contributed by atoms with Crippen LogP contribution in [0.4, 0.5) is 13.2 Å². The third-order valence-electron chi connectivity index (χ3n) is 5.85. The molecule has 0 saturated carbocycles. The number of benzene rings is 1. The van der Waals surface area contributed by atoms with Crippen LogP contribution in [0.1, 0.15) is 30.4 Å². The number of hydrogen-bond acceptors (Lipinski definition) is 5. The Morgan fingerprint density at radius 1 is 1.23 bits per heavy atom. The lowest BCUT2D eigenvalue weighted by Gasteiger charge is -2.45. The summed E-state index contributed by atoms with van der Waals surface area (Å²) in [6, 6.07) is 10.6. The predicted molar refractivity (Wildman–Crippen MR) is 103 cm³/mol. The normalized spacial score (nSPS) is 23.6. The first-order valence-electron chi connectivity index (χ1n) is 9.56. The lowest BCUT2D eigenvalue weighted by atomic mass is 9.58. The summed E-state index contributed by atoms with van der Waals surface area (Å²) in [7, 11) is 0. The largest absolute Gasteiger partial charge is 0.416 e. The molecule has 1 aliphatic carbocycles. The number of rotatable bonds is 3. The molecule has 0 aromatic heterocycles. The van der Waals surface area contributed by atoms with Crippen LogP contribution < -0.4 is 5.73 Å². The molecule has 1 aromatic rings. The van der Waals surface area contributed by atoms with Gasteiger partial charge in [0.15, 0.2) is 5.41 Å². The Balaban J connectivity index is 2.28. The van der Waals surface area contributed by atoms with Gasteiger partial charge in [0.2, 0.25) is 0 Å². The van der Waals surface area contributed by atoms with Crippen molar-refractivity contribution in [2.75, 3.05) is 19.6 Å². The topological polar surface area (TPSA) is 101 Å². The van der Waals surface area contributed by atoms with Crippen LogP contribution in [0.3, 0.4) is 0 Å². The van der Waals surface area contributed by atoms with Gasteiger partial charge in [-0.2, -0.15) is 29.0 Å². The van der Waals surface area contributed by atoms with Gasteiger partial charge in [0, 0.05) is 24.9 Å². The minimum atomic E-state index is -4.56. The summed E-state index contributed by atoms with van der Waals surface area (Å²) in [5, 5.41) is 29.7. The van der Waals surface area contributed by atoms with Gasteiger partial charge in [-0.3, -0.25) is 4.90 Å². The van der Waals surface area contributed by atoms with E-state index in [4.69, 9.17) is 5.73 Å². The number of alkyl halides is 3. The van der Waals surface area contributed by atoms with Crippen molar-refractivity contribution in [2.45, 2.75) is 25.4 Å². The van der Waals surface area contributed by atoms with Crippen LogP contribution in [0.15, 0.2) is 47.2 Å². The molecule has 154 valence electrons. The van der Waals surface area contributed by atoms with Gasteiger partial charge >= 0.3 is 6.18 Å². The van der Waals surface area contributed by atoms with E-state index in [0.717, 1.165) is 25.1 Å². The Morgan fingerprint density at radius 3 is 2.50 bits per heavy atom. The van der Waals surface area contributed by atoms with Crippen molar-refractivity contribution < 1.29 is 13.2 Å². The lowest BCUT2D eigenvalue weighted by molar-refractivity contribution is -0.137. The molecule has 30 heavy (non-hydrogen) atoms. The second-order valence-electron chi connectivity index (χ2n) is 7.56. The molecule has 0 radical (unpaired) electrons.